The maximum atomic E-state index is 11.0. The van der Waals surface area contributed by atoms with Crippen molar-refractivity contribution in [3.05, 3.63) is 33.3 Å². The lowest BCUT2D eigenvalue weighted by atomic mass is 10.2. The van der Waals surface area contributed by atoms with Crippen LogP contribution >= 0.6 is 11.6 Å². The van der Waals surface area contributed by atoms with E-state index in [4.69, 9.17) is 11.6 Å². The molecule has 0 aromatic heterocycles. The molecular weight excluding hydrogens is 277 g/mol. The molecule has 2 rings (SSSR count). The largest absolute Gasteiger partial charge is 1.00 e. The molecule has 0 unspecified atom stereocenters. The molecule has 0 atom stereocenters. The first kappa shape index (κ1) is 15.0. The first-order valence-corrected chi connectivity index (χ1v) is 6.07. The molecule has 7 heteroatoms. The van der Waals surface area contributed by atoms with E-state index in [1.807, 2.05) is 0 Å². The van der Waals surface area contributed by atoms with Gasteiger partial charge in [-0.2, -0.15) is 0 Å². The van der Waals surface area contributed by atoms with E-state index in [2.05, 4.69) is 10.2 Å². The standard InChI is InChI=1S/C11H14ClN3O2.ClH/c12-9-2-3-10(11(8-9)15(16)17)14-6-1-4-13-5-7-14;/h2-3,8,13H,1,4-7H2;1H. The minimum absolute atomic E-state index is 0. The van der Waals surface area contributed by atoms with Gasteiger partial charge in [0.1, 0.15) is 5.69 Å². The first-order chi connectivity index (χ1) is 8.18. The zero-order valence-corrected chi connectivity index (χ0v) is 11.3. The van der Waals surface area contributed by atoms with Crippen molar-refractivity contribution in [3.63, 3.8) is 0 Å². The highest BCUT2D eigenvalue weighted by molar-refractivity contribution is 6.30. The summed E-state index contributed by atoms with van der Waals surface area (Å²) < 4.78 is 0. The SMILES string of the molecule is O=[N+]([O-])c1cc(Cl)ccc1N1CCC[NH2+]CC1.[Cl-]. The highest BCUT2D eigenvalue weighted by atomic mass is 35.5. The normalized spacial score (nSPS) is 15.7. The van der Waals surface area contributed by atoms with Crippen LogP contribution in [0.2, 0.25) is 5.02 Å². The third-order valence-corrected chi connectivity index (χ3v) is 3.15. The Morgan fingerprint density at radius 2 is 2.11 bits per heavy atom. The summed E-state index contributed by atoms with van der Waals surface area (Å²) >= 11 is 5.80. The van der Waals surface area contributed by atoms with Crippen LogP contribution in [0.3, 0.4) is 0 Å². The third-order valence-electron chi connectivity index (χ3n) is 2.91. The number of quaternary nitrogens is 1. The van der Waals surface area contributed by atoms with E-state index in [1.165, 1.54) is 6.07 Å². The molecule has 0 spiro atoms. The van der Waals surface area contributed by atoms with Crippen molar-refractivity contribution in [2.75, 3.05) is 31.1 Å². The van der Waals surface area contributed by atoms with Crippen LogP contribution in [0.5, 0.6) is 0 Å². The van der Waals surface area contributed by atoms with E-state index < -0.39 is 0 Å². The molecule has 0 bridgehead atoms. The molecular formula is C11H15Cl2N3O2. The minimum atomic E-state index is -0.365. The van der Waals surface area contributed by atoms with Gasteiger partial charge < -0.3 is 22.6 Å². The van der Waals surface area contributed by atoms with E-state index in [1.54, 1.807) is 12.1 Å². The van der Waals surface area contributed by atoms with E-state index in [-0.39, 0.29) is 23.0 Å². The smallest absolute Gasteiger partial charge is 0.294 e. The quantitative estimate of drug-likeness (QED) is 0.508. The average molecular weight is 292 g/mol. The van der Waals surface area contributed by atoms with E-state index in [0.29, 0.717) is 10.7 Å². The van der Waals surface area contributed by atoms with Gasteiger partial charge in [-0.25, -0.2) is 0 Å². The summed E-state index contributed by atoms with van der Waals surface area (Å²) in [6.45, 7) is 3.75. The summed E-state index contributed by atoms with van der Waals surface area (Å²) in [5, 5.41) is 13.7. The molecule has 1 aromatic carbocycles. The highest BCUT2D eigenvalue weighted by Crippen LogP contribution is 2.31. The lowest BCUT2D eigenvalue weighted by Crippen LogP contribution is -3.00. The molecule has 5 nitrogen and oxygen atoms in total. The van der Waals surface area contributed by atoms with Gasteiger partial charge in [-0.05, 0) is 12.1 Å². The first-order valence-electron chi connectivity index (χ1n) is 5.69. The van der Waals surface area contributed by atoms with Crippen LogP contribution in [0.25, 0.3) is 0 Å². The second-order valence-electron chi connectivity index (χ2n) is 4.10. The van der Waals surface area contributed by atoms with Crippen LogP contribution in [-0.4, -0.2) is 31.1 Å². The topological polar surface area (TPSA) is 63.0 Å². The fraction of sp³-hybridized carbons (Fsp3) is 0.455. The number of halogens is 2. The van der Waals surface area contributed by atoms with Crippen molar-refractivity contribution in [3.8, 4) is 0 Å². The summed E-state index contributed by atoms with van der Waals surface area (Å²) in [6, 6.07) is 4.87. The van der Waals surface area contributed by atoms with Crippen molar-refractivity contribution >= 4 is 23.0 Å². The number of hydrogen-bond donors (Lipinski definition) is 1. The molecule has 0 saturated carbocycles. The van der Waals surface area contributed by atoms with Crippen molar-refractivity contribution < 1.29 is 22.6 Å². The van der Waals surface area contributed by atoms with Crippen molar-refractivity contribution in [1.29, 1.82) is 0 Å². The molecule has 1 heterocycles. The van der Waals surface area contributed by atoms with E-state index in [9.17, 15) is 10.1 Å². The molecule has 0 amide bonds. The third kappa shape index (κ3) is 3.48. The predicted molar refractivity (Wildman–Crippen MR) is 66.6 cm³/mol. The van der Waals surface area contributed by atoms with Gasteiger partial charge in [0, 0.05) is 24.1 Å². The zero-order chi connectivity index (χ0) is 12.3. The van der Waals surface area contributed by atoms with Crippen LogP contribution in [0.1, 0.15) is 6.42 Å². The van der Waals surface area contributed by atoms with Gasteiger partial charge in [0.2, 0.25) is 0 Å². The zero-order valence-electron chi connectivity index (χ0n) is 9.81. The summed E-state index contributed by atoms with van der Waals surface area (Å²) in [7, 11) is 0. The summed E-state index contributed by atoms with van der Waals surface area (Å²) in [5.74, 6) is 0. The number of benzene rings is 1. The second-order valence-corrected chi connectivity index (χ2v) is 4.53. The maximum absolute atomic E-state index is 11.0. The lowest BCUT2D eigenvalue weighted by Gasteiger charge is -2.20. The fourth-order valence-electron chi connectivity index (χ4n) is 2.08. The van der Waals surface area contributed by atoms with Crippen LogP contribution < -0.4 is 22.6 Å². The van der Waals surface area contributed by atoms with Gasteiger partial charge in [-0.3, -0.25) is 10.1 Å². The monoisotopic (exact) mass is 291 g/mol. The predicted octanol–water partition coefficient (Wildman–Crippen LogP) is -1.97. The number of nitrogens with two attached hydrogens (primary N) is 1. The summed E-state index contributed by atoms with van der Waals surface area (Å²) in [5.41, 5.74) is 0.772. The molecule has 0 radical (unpaired) electrons. The maximum Gasteiger partial charge on any atom is 0.294 e. The molecule has 0 aliphatic carbocycles. The molecule has 1 aliphatic heterocycles. The van der Waals surface area contributed by atoms with Gasteiger partial charge in [0.25, 0.3) is 5.69 Å². The highest BCUT2D eigenvalue weighted by Gasteiger charge is 2.21. The average Bonchev–Trinajstić information content (AvgIpc) is 2.57. The Morgan fingerprint density at radius 1 is 1.33 bits per heavy atom. The molecule has 18 heavy (non-hydrogen) atoms. The van der Waals surface area contributed by atoms with Crippen molar-refractivity contribution in [2.45, 2.75) is 6.42 Å². The molecule has 2 N–H and O–H groups in total. The molecule has 1 aliphatic rings. The summed E-state index contributed by atoms with van der Waals surface area (Å²) in [4.78, 5) is 12.7. The van der Waals surface area contributed by atoms with E-state index >= 15 is 0 Å². The second kappa shape index (κ2) is 6.78. The Bertz CT molecular complexity index is 421. The van der Waals surface area contributed by atoms with Gasteiger partial charge in [-0.1, -0.05) is 11.6 Å². The molecule has 1 fully saturated rings. The summed E-state index contributed by atoms with van der Waals surface area (Å²) in [6.07, 6.45) is 1.04. The molecule has 100 valence electrons. The van der Waals surface area contributed by atoms with E-state index in [0.717, 1.165) is 32.6 Å². The van der Waals surface area contributed by atoms with Crippen molar-refractivity contribution in [1.82, 2.24) is 0 Å². The Labute approximate surface area is 117 Å². The minimum Gasteiger partial charge on any atom is -1.00 e. The van der Waals surface area contributed by atoms with Crippen LogP contribution in [-0.2, 0) is 0 Å². The Hall–Kier alpha value is -1.04. The van der Waals surface area contributed by atoms with Crippen LogP contribution in [0, 0.1) is 10.1 Å². The van der Waals surface area contributed by atoms with Gasteiger partial charge >= 0.3 is 0 Å². The Morgan fingerprint density at radius 3 is 2.83 bits per heavy atom. The Balaban J connectivity index is 0.00000162. The molecule has 1 aromatic rings. The van der Waals surface area contributed by atoms with Crippen LogP contribution in [0.4, 0.5) is 11.4 Å². The van der Waals surface area contributed by atoms with Gasteiger partial charge in [0.15, 0.2) is 0 Å². The van der Waals surface area contributed by atoms with Gasteiger partial charge in [0.05, 0.1) is 24.6 Å². The number of nitro benzene ring substituents is 1. The number of nitro groups is 1. The number of hydrogen-bond acceptors (Lipinski definition) is 3. The van der Waals surface area contributed by atoms with Crippen LogP contribution in [0.15, 0.2) is 18.2 Å². The van der Waals surface area contributed by atoms with Crippen molar-refractivity contribution in [2.24, 2.45) is 0 Å². The number of rotatable bonds is 2. The molecule has 1 saturated heterocycles. The lowest BCUT2D eigenvalue weighted by molar-refractivity contribution is -0.650. The fourth-order valence-corrected chi connectivity index (χ4v) is 2.25. The number of nitrogens with zero attached hydrogens (tertiary/aromatic N) is 2. The number of anilines is 1. The van der Waals surface area contributed by atoms with Gasteiger partial charge in [-0.15, -0.1) is 0 Å². The Kier molecular flexibility index (Phi) is 5.65.